The fourth-order valence-electron chi connectivity index (χ4n) is 3.94. The molecule has 2 amide bonds. The van der Waals surface area contributed by atoms with E-state index < -0.39 is 0 Å². The molecule has 1 unspecified atom stereocenters. The van der Waals surface area contributed by atoms with Gasteiger partial charge >= 0.3 is 6.03 Å². The van der Waals surface area contributed by atoms with Crippen molar-refractivity contribution in [1.29, 1.82) is 0 Å². The molecular formula is C19H23FN4O. The second kappa shape index (κ2) is 6.86. The summed E-state index contributed by atoms with van der Waals surface area (Å²) in [5.74, 6) is 0.492. The highest BCUT2D eigenvalue weighted by Gasteiger charge is 2.33. The molecule has 4 rings (SSSR count). The number of benzene rings is 1. The molecule has 2 fully saturated rings. The maximum absolute atomic E-state index is 13.3. The van der Waals surface area contributed by atoms with Crippen LogP contribution in [-0.4, -0.2) is 40.3 Å². The first-order chi connectivity index (χ1) is 12.2. The van der Waals surface area contributed by atoms with Crippen LogP contribution in [-0.2, 0) is 0 Å². The fraction of sp³-hybridized carbons (Fsp3) is 0.474. The maximum Gasteiger partial charge on any atom is 0.317 e. The first-order valence-electron chi connectivity index (χ1n) is 8.99. The number of nitrogens with one attached hydrogen (secondary N) is 2. The van der Waals surface area contributed by atoms with E-state index in [9.17, 15) is 9.18 Å². The lowest BCUT2D eigenvalue weighted by atomic mass is 9.76. The third-order valence-corrected chi connectivity index (χ3v) is 5.46. The van der Waals surface area contributed by atoms with Crippen molar-refractivity contribution < 1.29 is 9.18 Å². The number of amides is 2. The smallest absolute Gasteiger partial charge is 0.317 e. The van der Waals surface area contributed by atoms with Crippen molar-refractivity contribution in [3.05, 3.63) is 53.6 Å². The predicted octanol–water partition coefficient (Wildman–Crippen LogP) is 3.38. The first kappa shape index (κ1) is 16.1. The van der Waals surface area contributed by atoms with E-state index in [-0.39, 0.29) is 17.9 Å². The number of carbonyl (C=O) groups excluding carboxylic acids is 1. The van der Waals surface area contributed by atoms with Crippen LogP contribution in [0.25, 0.3) is 0 Å². The Balaban J connectivity index is 1.28. The number of aromatic nitrogens is 2. The molecule has 132 valence electrons. The van der Waals surface area contributed by atoms with Crippen molar-refractivity contribution in [1.82, 2.24) is 20.4 Å². The molecule has 0 spiro atoms. The molecule has 1 atom stereocenters. The van der Waals surface area contributed by atoms with Crippen LogP contribution in [0.3, 0.4) is 0 Å². The Morgan fingerprint density at radius 2 is 2.16 bits per heavy atom. The number of aromatic amines is 1. The summed E-state index contributed by atoms with van der Waals surface area (Å²) in [7, 11) is 0. The van der Waals surface area contributed by atoms with Gasteiger partial charge in [0.1, 0.15) is 5.82 Å². The van der Waals surface area contributed by atoms with Gasteiger partial charge in [0.25, 0.3) is 0 Å². The van der Waals surface area contributed by atoms with Crippen molar-refractivity contribution in [2.45, 2.75) is 43.6 Å². The number of likely N-dealkylation sites (tertiary alicyclic amines) is 1. The van der Waals surface area contributed by atoms with Crippen molar-refractivity contribution in [2.24, 2.45) is 0 Å². The van der Waals surface area contributed by atoms with Gasteiger partial charge in [-0.1, -0.05) is 12.1 Å². The summed E-state index contributed by atoms with van der Waals surface area (Å²) >= 11 is 0. The van der Waals surface area contributed by atoms with Crippen LogP contribution in [0, 0.1) is 5.82 Å². The zero-order valence-electron chi connectivity index (χ0n) is 14.1. The van der Waals surface area contributed by atoms with Gasteiger partial charge < -0.3 is 10.2 Å². The molecule has 0 bridgehead atoms. The highest BCUT2D eigenvalue weighted by Crippen LogP contribution is 2.37. The van der Waals surface area contributed by atoms with E-state index in [1.807, 2.05) is 17.0 Å². The topological polar surface area (TPSA) is 61.0 Å². The second-order valence-corrected chi connectivity index (χ2v) is 7.17. The van der Waals surface area contributed by atoms with E-state index in [2.05, 4.69) is 15.5 Å². The molecule has 2 aliphatic rings. The molecule has 1 saturated carbocycles. The number of urea groups is 1. The molecule has 25 heavy (non-hydrogen) atoms. The Hall–Kier alpha value is -2.37. The average Bonchev–Trinajstić information content (AvgIpc) is 3.12. The number of nitrogens with zero attached hydrogens (tertiary/aromatic N) is 2. The molecule has 1 aliphatic carbocycles. The monoisotopic (exact) mass is 342 g/mol. The average molecular weight is 342 g/mol. The van der Waals surface area contributed by atoms with Gasteiger partial charge in [0, 0.05) is 36.9 Å². The Bertz CT molecular complexity index is 727. The summed E-state index contributed by atoms with van der Waals surface area (Å²) in [6, 6.07) is 8.98. The summed E-state index contributed by atoms with van der Waals surface area (Å²) in [6.45, 7) is 1.53. The zero-order chi connectivity index (χ0) is 17.2. The summed E-state index contributed by atoms with van der Waals surface area (Å²) < 4.78 is 13.3. The lowest BCUT2D eigenvalue weighted by molar-refractivity contribution is 0.166. The molecule has 1 aromatic heterocycles. The van der Waals surface area contributed by atoms with Crippen LogP contribution < -0.4 is 5.32 Å². The van der Waals surface area contributed by atoms with Gasteiger partial charge in [0.2, 0.25) is 0 Å². The minimum Gasteiger partial charge on any atom is -0.335 e. The SMILES string of the molecule is O=C(NC1CC(c2cccc(F)c2)C1)N1CCCC(c2ccn[nH]2)C1. The summed E-state index contributed by atoms with van der Waals surface area (Å²) in [5, 5.41) is 10.2. The highest BCUT2D eigenvalue weighted by atomic mass is 19.1. The molecule has 6 heteroatoms. The summed E-state index contributed by atoms with van der Waals surface area (Å²) in [4.78, 5) is 14.4. The van der Waals surface area contributed by atoms with E-state index in [4.69, 9.17) is 0 Å². The largest absolute Gasteiger partial charge is 0.335 e. The van der Waals surface area contributed by atoms with Gasteiger partial charge in [-0.15, -0.1) is 0 Å². The molecule has 1 aromatic carbocycles. The second-order valence-electron chi connectivity index (χ2n) is 7.17. The molecule has 0 radical (unpaired) electrons. The number of carbonyl (C=O) groups is 1. The Morgan fingerprint density at radius 1 is 1.28 bits per heavy atom. The Kier molecular flexibility index (Phi) is 4.42. The van der Waals surface area contributed by atoms with Crippen molar-refractivity contribution in [3.8, 4) is 0 Å². The predicted molar refractivity (Wildman–Crippen MR) is 92.8 cm³/mol. The quantitative estimate of drug-likeness (QED) is 0.898. The van der Waals surface area contributed by atoms with Gasteiger partial charge in [-0.25, -0.2) is 9.18 Å². The molecular weight excluding hydrogens is 319 g/mol. The number of hydrogen-bond donors (Lipinski definition) is 2. The standard InChI is InChI=1S/C19H23FN4O/c20-16-5-1-3-13(9-16)15-10-17(11-15)22-19(25)24-8-2-4-14(12-24)18-6-7-21-23-18/h1,3,5-7,9,14-15,17H,2,4,8,10-12H2,(H,21,23)(H,22,25). The number of H-pyrrole nitrogens is 1. The van der Waals surface area contributed by atoms with Crippen LogP contribution in [0.4, 0.5) is 9.18 Å². The van der Waals surface area contributed by atoms with Gasteiger partial charge in [-0.2, -0.15) is 5.10 Å². The Labute approximate surface area is 146 Å². The molecule has 2 N–H and O–H groups in total. The minimum absolute atomic E-state index is 0.0203. The van der Waals surface area contributed by atoms with E-state index in [0.717, 1.165) is 50.0 Å². The lowest BCUT2D eigenvalue weighted by Gasteiger charge is -2.39. The van der Waals surface area contributed by atoms with Crippen molar-refractivity contribution in [3.63, 3.8) is 0 Å². The number of piperidine rings is 1. The van der Waals surface area contributed by atoms with Crippen LogP contribution >= 0.6 is 0 Å². The lowest BCUT2D eigenvalue weighted by Crippen LogP contribution is -2.51. The fourth-order valence-corrected chi connectivity index (χ4v) is 3.94. The minimum atomic E-state index is -0.192. The third kappa shape index (κ3) is 3.52. The molecule has 5 nitrogen and oxygen atoms in total. The van der Waals surface area contributed by atoms with E-state index >= 15 is 0 Å². The van der Waals surface area contributed by atoms with E-state index in [1.54, 1.807) is 18.3 Å². The van der Waals surface area contributed by atoms with E-state index in [1.165, 1.54) is 6.07 Å². The molecule has 2 aromatic rings. The van der Waals surface area contributed by atoms with Gasteiger partial charge in [0.15, 0.2) is 0 Å². The number of hydrogen-bond acceptors (Lipinski definition) is 2. The molecule has 2 heterocycles. The van der Waals surface area contributed by atoms with Crippen molar-refractivity contribution >= 4 is 6.03 Å². The van der Waals surface area contributed by atoms with E-state index in [0.29, 0.717) is 11.8 Å². The molecule has 1 saturated heterocycles. The summed E-state index contributed by atoms with van der Waals surface area (Å²) in [5.41, 5.74) is 2.13. The van der Waals surface area contributed by atoms with Gasteiger partial charge in [-0.05, 0) is 55.4 Å². The number of rotatable bonds is 3. The third-order valence-electron chi connectivity index (χ3n) is 5.46. The van der Waals surface area contributed by atoms with Crippen molar-refractivity contribution in [2.75, 3.05) is 13.1 Å². The van der Waals surface area contributed by atoms with Crippen LogP contribution in [0.1, 0.15) is 48.8 Å². The number of halogens is 1. The molecule has 1 aliphatic heterocycles. The van der Waals surface area contributed by atoms with Crippen LogP contribution in [0.15, 0.2) is 36.5 Å². The van der Waals surface area contributed by atoms with Gasteiger partial charge in [-0.3, -0.25) is 5.10 Å². The first-order valence-corrected chi connectivity index (χ1v) is 8.99. The highest BCUT2D eigenvalue weighted by molar-refractivity contribution is 5.75. The van der Waals surface area contributed by atoms with Gasteiger partial charge in [0.05, 0.1) is 0 Å². The normalized spacial score (nSPS) is 26.1. The zero-order valence-corrected chi connectivity index (χ0v) is 14.1. The summed E-state index contributed by atoms with van der Waals surface area (Å²) in [6.07, 6.45) is 5.61. The maximum atomic E-state index is 13.3. The van der Waals surface area contributed by atoms with Crippen LogP contribution in [0.5, 0.6) is 0 Å². The van der Waals surface area contributed by atoms with Crippen LogP contribution in [0.2, 0.25) is 0 Å². The Morgan fingerprint density at radius 3 is 2.92 bits per heavy atom.